The molecule has 2 aliphatic rings. The average Bonchev–Trinajstić information content (AvgIpc) is 2.44. The molecular formula is C16H23BrN2O. The van der Waals surface area contributed by atoms with E-state index in [1.165, 1.54) is 32.4 Å². The van der Waals surface area contributed by atoms with Gasteiger partial charge in [-0.25, -0.2) is 0 Å². The van der Waals surface area contributed by atoms with Crippen molar-refractivity contribution in [2.45, 2.75) is 44.8 Å². The average molecular weight is 339 g/mol. The van der Waals surface area contributed by atoms with Crippen molar-refractivity contribution >= 4 is 15.9 Å². The molecule has 2 unspecified atom stereocenters. The Bertz CT molecular complexity index is 480. The number of piperidine rings is 1. The molecule has 1 aromatic rings. The van der Waals surface area contributed by atoms with Crippen LogP contribution in [-0.4, -0.2) is 46.6 Å². The van der Waals surface area contributed by atoms with Crippen molar-refractivity contribution in [1.82, 2.24) is 9.80 Å². The van der Waals surface area contributed by atoms with Gasteiger partial charge >= 0.3 is 0 Å². The van der Waals surface area contributed by atoms with Gasteiger partial charge in [-0.2, -0.15) is 0 Å². The lowest BCUT2D eigenvalue weighted by molar-refractivity contribution is 0.0108. The smallest absolute Gasteiger partial charge is 0.134 e. The molecule has 0 spiro atoms. The van der Waals surface area contributed by atoms with Crippen LogP contribution in [0.3, 0.4) is 0 Å². The molecule has 3 rings (SSSR count). The Balaban J connectivity index is 1.72. The van der Waals surface area contributed by atoms with Crippen molar-refractivity contribution in [3.05, 3.63) is 28.2 Å². The molecule has 1 N–H and O–H groups in total. The Morgan fingerprint density at radius 1 is 1.30 bits per heavy atom. The first-order valence-corrected chi connectivity index (χ1v) is 8.39. The van der Waals surface area contributed by atoms with Crippen LogP contribution < -0.4 is 0 Å². The van der Waals surface area contributed by atoms with Crippen molar-refractivity contribution in [3.63, 3.8) is 0 Å². The molecule has 20 heavy (non-hydrogen) atoms. The number of halogens is 1. The van der Waals surface area contributed by atoms with Gasteiger partial charge in [0.25, 0.3) is 0 Å². The lowest BCUT2D eigenvalue weighted by Crippen LogP contribution is -2.58. The molecule has 0 saturated carbocycles. The summed E-state index contributed by atoms with van der Waals surface area (Å²) in [6.45, 7) is 6.72. The highest BCUT2D eigenvalue weighted by molar-refractivity contribution is 9.10. The Morgan fingerprint density at radius 2 is 2.15 bits per heavy atom. The molecule has 1 aromatic carbocycles. The van der Waals surface area contributed by atoms with E-state index in [1.807, 2.05) is 18.2 Å². The second-order valence-electron chi connectivity index (χ2n) is 6.17. The fourth-order valence-corrected chi connectivity index (χ4v) is 3.95. The minimum absolute atomic E-state index is 0.394. The first-order valence-electron chi connectivity index (χ1n) is 7.59. The fourth-order valence-electron chi connectivity index (χ4n) is 3.54. The van der Waals surface area contributed by atoms with Crippen LogP contribution in [0, 0.1) is 0 Å². The molecule has 110 valence electrons. The largest absolute Gasteiger partial charge is 0.506 e. The third kappa shape index (κ3) is 2.87. The van der Waals surface area contributed by atoms with Crippen LogP contribution in [0.25, 0.3) is 0 Å². The second kappa shape index (κ2) is 6.04. The number of benzene rings is 1. The minimum atomic E-state index is 0.394. The van der Waals surface area contributed by atoms with E-state index in [-0.39, 0.29) is 0 Å². The highest BCUT2D eigenvalue weighted by atomic mass is 79.9. The zero-order chi connectivity index (χ0) is 14.1. The van der Waals surface area contributed by atoms with Crippen LogP contribution in [0.1, 0.15) is 31.7 Å². The second-order valence-corrected chi connectivity index (χ2v) is 7.02. The lowest BCUT2D eigenvalue weighted by atomic mass is 9.96. The molecular weight excluding hydrogens is 316 g/mol. The Kier molecular flexibility index (Phi) is 4.34. The standard InChI is InChI=1S/C16H23BrN2O/c1-12-9-18-8-3-2-6-14(18)11-19(12)10-13-5-4-7-15(17)16(13)20/h4-5,7,12,14,20H,2-3,6,8-11H2,1H3. The summed E-state index contributed by atoms with van der Waals surface area (Å²) in [4.78, 5) is 5.18. The molecule has 3 nitrogen and oxygen atoms in total. The zero-order valence-electron chi connectivity index (χ0n) is 12.1. The quantitative estimate of drug-likeness (QED) is 0.896. The number of hydrogen-bond acceptors (Lipinski definition) is 3. The summed E-state index contributed by atoms with van der Waals surface area (Å²) in [5.41, 5.74) is 1.02. The molecule has 2 saturated heterocycles. The maximum absolute atomic E-state index is 10.2. The van der Waals surface area contributed by atoms with Crippen LogP contribution in [0.4, 0.5) is 0 Å². The number of phenols is 1. The lowest BCUT2D eigenvalue weighted by Gasteiger charge is -2.47. The van der Waals surface area contributed by atoms with Gasteiger partial charge in [-0.05, 0) is 48.3 Å². The Hall–Kier alpha value is -0.580. The minimum Gasteiger partial charge on any atom is -0.506 e. The molecule has 0 aromatic heterocycles. The third-order valence-electron chi connectivity index (χ3n) is 4.76. The zero-order valence-corrected chi connectivity index (χ0v) is 13.6. The maximum Gasteiger partial charge on any atom is 0.134 e. The highest BCUT2D eigenvalue weighted by Crippen LogP contribution is 2.31. The first kappa shape index (κ1) is 14.4. The summed E-state index contributed by atoms with van der Waals surface area (Å²) >= 11 is 3.40. The van der Waals surface area contributed by atoms with Gasteiger partial charge in [0.15, 0.2) is 0 Å². The molecule has 0 aliphatic carbocycles. The van der Waals surface area contributed by atoms with Gasteiger partial charge in [-0.1, -0.05) is 18.6 Å². The molecule has 4 heteroatoms. The number of fused-ring (bicyclic) bond motifs is 1. The summed E-state index contributed by atoms with van der Waals surface area (Å²) in [7, 11) is 0. The van der Waals surface area contributed by atoms with Gasteiger partial charge in [-0.15, -0.1) is 0 Å². The van der Waals surface area contributed by atoms with Crippen LogP contribution in [-0.2, 0) is 6.54 Å². The van der Waals surface area contributed by atoms with E-state index in [0.717, 1.165) is 23.1 Å². The van der Waals surface area contributed by atoms with Crippen LogP contribution in [0.15, 0.2) is 22.7 Å². The predicted molar refractivity (Wildman–Crippen MR) is 84.9 cm³/mol. The molecule has 2 aliphatic heterocycles. The van der Waals surface area contributed by atoms with E-state index in [0.29, 0.717) is 17.8 Å². The Labute approximate surface area is 129 Å². The summed E-state index contributed by atoms with van der Waals surface area (Å²) in [6, 6.07) is 7.19. The summed E-state index contributed by atoms with van der Waals surface area (Å²) < 4.78 is 0.791. The van der Waals surface area contributed by atoms with E-state index in [1.54, 1.807) is 0 Å². The van der Waals surface area contributed by atoms with Crippen LogP contribution in [0.5, 0.6) is 5.75 Å². The van der Waals surface area contributed by atoms with E-state index in [4.69, 9.17) is 0 Å². The van der Waals surface area contributed by atoms with Gasteiger partial charge in [0.2, 0.25) is 0 Å². The van der Waals surface area contributed by atoms with E-state index < -0.39 is 0 Å². The molecule has 2 atom stereocenters. The van der Waals surface area contributed by atoms with Crippen molar-refractivity contribution in [3.8, 4) is 5.75 Å². The molecule has 0 radical (unpaired) electrons. The third-order valence-corrected chi connectivity index (χ3v) is 5.40. The number of nitrogens with zero attached hydrogens (tertiary/aromatic N) is 2. The molecule has 2 heterocycles. The number of phenolic OH excluding ortho intramolecular Hbond substituents is 1. The van der Waals surface area contributed by atoms with Crippen molar-refractivity contribution in [2.24, 2.45) is 0 Å². The highest BCUT2D eigenvalue weighted by Gasteiger charge is 2.33. The van der Waals surface area contributed by atoms with E-state index >= 15 is 0 Å². The number of rotatable bonds is 2. The van der Waals surface area contributed by atoms with Crippen molar-refractivity contribution < 1.29 is 5.11 Å². The van der Waals surface area contributed by atoms with Gasteiger partial charge in [0, 0.05) is 37.3 Å². The van der Waals surface area contributed by atoms with Gasteiger partial charge in [-0.3, -0.25) is 9.80 Å². The fraction of sp³-hybridized carbons (Fsp3) is 0.625. The van der Waals surface area contributed by atoms with Crippen LogP contribution in [0.2, 0.25) is 0 Å². The predicted octanol–water partition coefficient (Wildman–Crippen LogP) is 3.21. The SMILES string of the molecule is CC1CN2CCCCC2CN1Cc1cccc(Br)c1O. The molecule has 0 amide bonds. The van der Waals surface area contributed by atoms with Gasteiger partial charge in [0.1, 0.15) is 5.75 Å². The van der Waals surface area contributed by atoms with Crippen molar-refractivity contribution in [1.29, 1.82) is 0 Å². The van der Waals surface area contributed by atoms with E-state index in [2.05, 4.69) is 32.7 Å². The Morgan fingerprint density at radius 3 is 3.00 bits per heavy atom. The van der Waals surface area contributed by atoms with Crippen LogP contribution >= 0.6 is 15.9 Å². The van der Waals surface area contributed by atoms with Gasteiger partial charge < -0.3 is 5.11 Å². The van der Waals surface area contributed by atoms with Crippen molar-refractivity contribution in [2.75, 3.05) is 19.6 Å². The topological polar surface area (TPSA) is 26.7 Å². The number of hydrogen-bond donors (Lipinski definition) is 1. The summed E-state index contributed by atoms with van der Waals surface area (Å²) in [5.74, 6) is 0.394. The molecule has 2 fully saturated rings. The van der Waals surface area contributed by atoms with E-state index in [9.17, 15) is 5.11 Å². The monoisotopic (exact) mass is 338 g/mol. The number of piperazine rings is 1. The molecule has 0 bridgehead atoms. The first-order chi connectivity index (χ1) is 9.65. The summed E-state index contributed by atoms with van der Waals surface area (Å²) in [5, 5.41) is 10.2. The normalized spacial score (nSPS) is 28.3. The number of aromatic hydroxyl groups is 1. The maximum atomic E-state index is 10.2. The van der Waals surface area contributed by atoms with Gasteiger partial charge in [0.05, 0.1) is 4.47 Å². The number of para-hydroxylation sites is 1. The summed E-state index contributed by atoms with van der Waals surface area (Å²) in [6.07, 6.45) is 4.05.